The first-order valence-electron chi connectivity index (χ1n) is 5.10. The van der Waals surface area contributed by atoms with E-state index in [0.29, 0.717) is 0 Å². The Labute approximate surface area is 136 Å². The molecule has 1 N–H and O–H groups in total. The predicted molar refractivity (Wildman–Crippen MR) is 58.9 cm³/mol. The molecule has 0 heterocycles. The molecule has 1 rings (SSSR count). The quantitative estimate of drug-likeness (QED) is 0.492. The van der Waals surface area contributed by atoms with Gasteiger partial charge in [-0.05, 0) is 24.6 Å². The van der Waals surface area contributed by atoms with Gasteiger partial charge in [0.1, 0.15) is 10.1 Å². The number of halogens is 2. The standard InChI is InChI=1S/C10H12F2O6S.Na/c1-2-17-8-5-6(9(13)19(14,15)16)3-4-7(8)18-10(11)12;/h3-5,9-10,13H,2H2,1H3,(H,14,15,16);/q;+1/p-1. The van der Waals surface area contributed by atoms with Gasteiger partial charge in [0.25, 0.3) is 0 Å². The molecule has 1 atom stereocenters. The molecule has 0 amide bonds. The van der Waals surface area contributed by atoms with Crippen molar-refractivity contribution in [1.82, 2.24) is 0 Å². The number of aliphatic hydroxyl groups excluding tert-OH is 1. The molecule has 0 aliphatic heterocycles. The Balaban J connectivity index is 0.00000361. The van der Waals surface area contributed by atoms with Gasteiger partial charge < -0.3 is 19.1 Å². The minimum absolute atomic E-state index is 0. The maximum atomic E-state index is 12.1. The molecule has 1 aromatic carbocycles. The number of ether oxygens (including phenoxy) is 2. The minimum atomic E-state index is -4.96. The number of alkyl halides is 2. The van der Waals surface area contributed by atoms with Crippen LogP contribution in [0.15, 0.2) is 18.2 Å². The molecule has 0 radical (unpaired) electrons. The third kappa shape index (κ3) is 5.51. The summed E-state index contributed by atoms with van der Waals surface area (Å²) in [5.74, 6) is -0.515. The Kier molecular flexibility index (Phi) is 7.92. The van der Waals surface area contributed by atoms with Crippen LogP contribution in [0.1, 0.15) is 17.9 Å². The minimum Gasteiger partial charge on any atom is -0.746 e. The van der Waals surface area contributed by atoms with E-state index in [9.17, 15) is 26.9 Å². The van der Waals surface area contributed by atoms with E-state index in [4.69, 9.17) is 4.74 Å². The van der Waals surface area contributed by atoms with Crippen LogP contribution < -0.4 is 39.0 Å². The zero-order valence-electron chi connectivity index (χ0n) is 10.7. The van der Waals surface area contributed by atoms with E-state index in [1.165, 1.54) is 0 Å². The maximum Gasteiger partial charge on any atom is 1.00 e. The monoisotopic (exact) mass is 320 g/mol. The zero-order chi connectivity index (χ0) is 14.6. The molecule has 0 aliphatic carbocycles. The maximum absolute atomic E-state index is 12.1. The Morgan fingerprint density at radius 2 is 1.95 bits per heavy atom. The van der Waals surface area contributed by atoms with E-state index < -0.39 is 22.2 Å². The summed E-state index contributed by atoms with van der Waals surface area (Å²) in [6.07, 6.45) is 0. The molecule has 0 bridgehead atoms. The molecule has 0 saturated carbocycles. The molecule has 6 nitrogen and oxygen atoms in total. The van der Waals surface area contributed by atoms with E-state index >= 15 is 0 Å². The second-order valence-electron chi connectivity index (χ2n) is 3.36. The van der Waals surface area contributed by atoms with Crippen LogP contribution in [0.2, 0.25) is 0 Å². The van der Waals surface area contributed by atoms with Crippen molar-refractivity contribution in [2.45, 2.75) is 19.0 Å². The van der Waals surface area contributed by atoms with Crippen molar-refractivity contribution in [3.63, 3.8) is 0 Å². The van der Waals surface area contributed by atoms with E-state index in [1.54, 1.807) is 6.92 Å². The van der Waals surface area contributed by atoms with E-state index in [-0.39, 0.29) is 53.2 Å². The van der Waals surface area contributed by atoms with E-state index in [0.717, 1.165) is 18.2 Å². The molecule has 20 heavy (non-hydrogen) atoms. The predicted octanol–water partition coefficient (Wildman–Crippen LogP) is -1.77. The first-order chi connectivity index (χ1) is 8.75. The molecule has 108 valence electrons. The van der Waals surface area contributed by atoms with Crippen LogP contribution >= 0.6 is 0 Å². The number of hydrogen-bond donors (Lipinski definition) is 1. The molecule has 0 fully saturated rings. The molecule has 1 aromatic rings. The van der Waals surface area contributed by atoms with E-state index in [2.05, 4.69) is 4.74 Å². The smallest absolute Gasteiger partial charge is 0.746 e. The summed E-state index contributed by atoms with van der Waals surface area (Å²) in [5.41, 5.74) is -2.59. The average molecular weight is 320 g/mol. The summed E-state index contributed by atoms with van der Waals surface area (Å²) in [4.78, 5) is 0. The van der Waals surface area contributed by atoms with Crippen molar-refractivity contribution >= 4 is 10.1 Å². The van der Waals surface area contributed by atoms with Crippen LogP contribution in [0.3, 0.4) is 0 Å². The average Bonchev–Trinajstić information content (AvgIpc) is 2.29. The third-order valence-corrected chi connectivity index (χ3v) is 2.86. The van der Waals surface area contributed by atoms with Crippen LogP contribution in [0.4, 0.5) is 8.78 Å². The molecule has 0 spiro atoms. The normalized spacial score (nSPS) is 12.7. The molecule has 0 saturated heterocycles. The fourth-order valence-corrected chi connectivity index (χ4v) is 1.79. The SMILES string of the molecule is CCOc1cc(C(O)S(=O)(=O)[O-])ccc1OC(F)F.[Na+]. The fraction of sp³-hybridized carbons (Fsp3) is 0.400. The molecular formula is C10H11F2NaO6S. The fourth-order valence-electron chi connectivity index (χ4n) is 1.31. The second kappa shape index (κ2) is 8.11. The van der Waals surface area contributed by atoms with Gasteiger partial charge in [-0.25, -0.2) is 8.42 Å². The van der Waals surface area contributed by atoms with Crippen molar-refractivity contribution < 1.29 is 65.9 Å². The van der Waals surface area contributed by atoms with Gasteiger partial charge >= 0.3 is 36.2 Å². The van der Waals surface area contributed by atoms with Crippen molar-refractivity contribution in [2.75, 3.05) is 6.61 Å². The number of hydrogen-bond acceptors (Lipinski definition) is 6. The molecule has 1 unspecified atom stereocenters. The van der Waals surface area contributed by atoms with Crippen LogP contribution in [0.25, 0.3) is 0 Å². The summed E-state index contributed by atoms with van der Waals surface area (Å²) < 4.78 is 65.4. The largest absolute Gasteiger partial charge is 1.00 e. The Bertz CT molecular complexity index is 537. The molecular weight excluding hydrogens is 309 g/mol. The van der Waals surface area contributed by atoms with Gasteiger partial charge in [-0.1, -0.05) is 6.07 Å². The topological polar surface area (TPSA) is 95.9 Å². The first kappa shape index (κ1) is 19.6. The number of aliphatic hydroxyl groups is 1. The van der Waals surface area contributed by atoms with E-state index in [1.807, 2.05) is 0 Å². The zero-order valence-corrected chi connectivity index (χ0v) is 13.6. The second-order valence-corrected chi connectivity index (χ2v) is 4.79. The summed E-state index contributed by atoms with van der Waals surface area (Å²) in [7, 11) is -4.96. The summed E-state index contributed by atoms with van der Waals surface area (Å²) in [6.45, 7) is -1.42. The molecule has 0 aliphatic rings. The Morgan fingerprint density at radius 1 is 1.35 bits per heavy atom. The van der Waals surface area contributed by atoms with Crippen molar-refractivity contribution in [2.24, 2.45) is 0 Å². The van der Waals surface area contributed by atoms with Crippen molar-refractivity contribution in [3.05, 3.63) is 23.8 Å². The summed E-state index contributed by atoms with van der Waals surface area (Å²) in [6, 6.07) is 2.93. The molecule has 0 aromatic heterocycles. The van der Waals surface area contributed by atoms with Gasteiger partial charge in [-0.15, -0.1) is 0 Å². The van der Waals surface area contributed by atoms with Crippen LogP contribution in [0, 0.1) is 0 Å². The summed E-state index contributed by atoms with van der Waals surface area (Å²) in [5, 5.41) is 9.28. The Morgan fingerprint density at radius 3 is 2.40 bits per heavy atom. The van der Waals surface area contributed by atoms with Gasteiger partial charge in [-0.2, -0.15) is 8.78 Å². The Hall–Kier alpha value is -0.450. The van der Waals surface area contributed by atoms with Gasteiger partial charge in [0.15, 0.2) is 16.9 Å². The van der Waals surface area contributed by atoms with Crippen LogP contribution in [-0.4, -0.2) is 31.3 Å². The third-order valence-electron chi connectivity index (χ3n) is 2.04. The van der Waals surface area contributed by atoms with Gasteiger partial charge in [0, 0.05) is 0 Å². The summed E-state index contributed by atoms with van der Waals surface area (Å²) >= 11 is 0. The molecule has 10 heteroatoms. The van der Waals surface area contributed by atoms with Crippen LogP contribution in [-0.2, 0) is 10.1 Å². The van der Waals surface area contributed by atoms with Crippen molar-refractivity contribution in [1.29, 1.82) is 0 Å². The van der Waals surface area contributed by atoms with Gasteiger partial charge in [0.2, 0.25) is 0 Å². The number of rotatable bonds is 6. The van der Waals surface area contributed by atoms with Gasteiger partial charge in [-0.3, -0.25) is 0 Å². The van der Waals surface area contributed by atoms with Crippen molar-refractivity contribution in [3.8, 4) is 11.5 Å². The first-order valence-corrected chi connectivity index (χ1v) is 6.57. The number of benzene rings is 1. The van der Waals surface area contributed by atoms with Crippen LogP contribution in [0.5, 0.6) is 11.5 Å². The van der Waals surface area contributed by atoms with Gasteiger partial charge in [0.05, 0.1) is 6.61 Å².